The van der Waals surface area contributed by atoms with Crippen molar-refractivity contribution in [2.75, 3.05) is 22.0 Å². The molecule has 2 aromatic carbocycles. The van der Waals surface area contributed by atoms with E-state index >= 15 is 0 Å². The average molecular weight is 500 g/mol. The molecule has 0 amide bonds. The number of thiazole rings is 1. The van der Waals surface area contributed by atoms with E-state index in [0.717, 1.165) is 33.3 Å². The summed E-state index contributed by atoms with van der Waals surface area (Å²) in [6, 6.07) is 9.41. The van der Waals surface area contributed by atoms with Crippen molar-refractivity contribution in [3.63, 3.8) is 0 Å². The highest BCUT2D eigenvalue weighted by Crippen LogP contribution is 2.64. The van der Waals surface area contributed by atoms with Gasteiger partial charge in [-0.25, -0.2) is 13.4 Å². The van der Waals surface area contributed by atoms with E-state index < -0.39 is 22.2 Å². The maximum Gasteiger partial charge on any atom is 0.229 e. The Labute approximate surface area is 200 Å². The van der Waals surface area contributed by atoms with Crippen LogP contribution in [0.2, 0.25) is 0 Å². The number of hydrogen-bond donors (Lipinski definition) is 6. The van der Waals surface area contributed by atoms with Crippen LogP contribution in [0.25, 0.3) is 10.2 Å². The summed E-state index contributed by atoms with van der Waals surface area (Å²) in [5.41, 5.74) is 10.2. The Morgan fingerprint density at radius 3 is 2.74 bits per heavy atom. The molecule has 3 aromatic rings. The summed E-state index contributed by atoms with van der Waals surface area (Å²) in [6.45, 7) is 0. The summed E-state index contributed by atoms with van der Waals surface area (Å²) in [4.78, 5) is 4.35. The fourth-order valence-electron chi connectivity index (χ4n) is 6.54. The Kier molecular flexibility index (Phi) is 4.73. The van der Waals surface area contributed by atoms with Gasteiger partial charge in [0.2, 0.25) is 10.0 Å². The van der Waals surface area contributed by atoms with Crippen LogP contribution in [0.4, 0.5) is 16.5 Å². The number of nitrogens with one attached hydrogen (secondary N) is 3. The number of rotatable bonds is 4. The molecule has 34 heavy (non-hydrogen) atoms. The first kappa shape index (κ1) is 21.8. The molecule has 7 N–H and O–H groups in total. The number of hydrogen-bond acceptors (Lipinski definition) is 9. The number of nitrogen functional groups attached to an aromatic ring is 1. The molecule has 0 radical (unpaired) electrons. The highest BCUT2D eigenvalue weighted by atomic mass is 32.2. The first-order chi connectivity index (χ1) is 16.2. The monoisotopic (exact) mass is 499 g/mol. The molecule has 1 aliphatic heterocycles. The second-order valence-electron chi connectivity index (χ2n) is 9.56. The SMILES string of the molecule is CS(=O)(=O)Nc1ccc2c(c1C=N)C1C3CC(C(O)C3O)[C@H]1[C@H](c1ccc3nc(N)sc3c1)N2. The molecule has 2 fully saturated rings. The van der Waals surface area contributed by atoms with Crippen LogP contribution in [0.15, 0.2) is 30.3 Å². The van der Waals surface area contributed by atoms with Crippen molar-refractivity contribution in [2.24, 2.45) is 17.8 Å². The number of aliphatic hydroxyl groups excluding tert-OH is 2. The van der Waals surface area contributed by atoms with Gasteiger partial charge in [0.25, 0.3) is 0 Å². The van der Waals surface area contributed by atoms with Gasteiger partial charge in [-0.3, -0.25) is 4.72 Å². The Morgan fingerprint density at radius 1 is 1.24 bits per heavy atom. The molecule has 2 aliphatic carbocycles. The lowest BCUT2D eigenvalue weighted by atomic mass is 9.65. The minimum absolute atomic E-state index is 0.0363. The molecule has 5 unspecified atom stereocenters. The molecule has 2 heterocycles. The van der Waals surface area contributed by atoms with Crippen LogP contribution in [0.3, 0.4) is 0 Å². The summed E-state index contributed by atoms with van der Waals surface area (Å²) in [7, 11) is -3.54. The summed E-state index contributed by atoms with van der Waals surface area (Å²) in [5.74, 6) is -0.470. The summed E-state index contributed by atoms with van der Waals surface area (Å²) >= 11 is 1.43. The van der Waals surface area contributed by atoms with Crippen molar-refractivity contribution in [3.05, 3.63) is 47.0 Å². The molecule has 6 rings (SSSR count). The molecule has 3 aliphatic rings. The molecule has 7 atom stereocenters. The molecular weight excluding hydrogens is 474 g/mol. The third kappa shape index (κ3) is 3.14. The standard InChI is InChI=1S/C23H25N5O4S2/c1-34(31,32)28-13-4-5-15-17(12(13)8-24)18-10-7-11(22(30)21(10)29)19(18)20(26-15)9-2-3-14-16(6-9)33-23(25)27-14/h2-6,8,10-11,18-22,24,26,28-30H,7H2,1H3,(H2,25,27)/t10?,11?,18?,19-,20+,21?,22?/m1/s1. The number of aromatic nitrogens is 1. The van der Waals surface area contributed by atoms with Crippen molar-refractivity contribution >= 4 is 54.3 Å². The number of anilines is 3. The third-order valence-corrected chi connectivity index (χ3v) is 9.12. The van der Waals surface area contributed by atoms with Crippen molar-refractivity contribution in [1.29, 1.82) is 5.41 Å². The lowest BCUT2D eigenvalue weighted by Crippen LogP contribution is -2.46. The lowest BCUT2D eigenvalue weighted by molar-refractivity contribution is -0.0467. The van der Waals surface area contributed by atoms with Crippen LogP contribution in [0.1, 0.15) is 35.1 Å². The minimum Gasteiger partial charge on any atom is -0.390 e. The number of nitrogens with zero attached hydrogens (tertiary/aromatic N) is 1. The molecule has 2 bridgehead atoms. The predicted octanol–water partition coefficient (Wildman–Crippen LogP) is 2.49. The summed E-state index contributed by atoms with van der Waals surface area (Å²) in [6.07, 6.45) is 1.25. The van der Waals surface area contributed by atoms with E-state index in [1.54, 1.807) is 6.07 Å². The Balaban J connectivity index is 1.53. The van der Waals surface area contributed by atoms with E-state index in [-0.39, 0.29) is 29.7 Å². The van der Waals surface area contributed by atoms with E-state index in [2.05, 4.69) is 21.1 Å². The van der Waals surface area contributed by atoms with Crippen molar-refractivity contribution in [2.45, 2.75) is 30.6 Å². The van der Waals surface area contributed by atoms with E-state index in [1.165, 1.54) is 17.6 Å². The Bertz CT molecular complexity index is 1440. The van der Waals surface area contributed by atoms with Crippen molar-refractivity contribution in [3.8, 4) is 0 Å². The molecule has 2 saturated carbocycles. The molecule has 11 heteroatoms. The highest BCUT2D eigenvalue weighted by molar-refractivity contribution is 7.92. The van der Waals surface area contributed by atoms with Crippen LogP contribution < -0.4 is 15.8 Å². The predicted molar refractivity (Wildman–Crippen MR) is 133 cm³/mol. The third-order valence-electron chi connectivity index (χ3n) is 7.69. The fourth-order valence-corrected chi connectivity index (χ4v) is 7.90. The van der Waals surface area contributed by atoms with Crippen LogP contribution in [0.5, 0.6) is 0 Å². The van der Waals surface area contributed by atoms with Gasteiger partial charge >= 0.3 is 0 Å². The highest BCUT2D eigenvalue weighted by Gasteiger charge is 2.62. The van der Waals surface area contributed by atoms with Crippen molar-refractivity contribution in [1.82, 2.24) is 4.98 Å². The van der Waals surface area contributed by atoms with Gasteiger partial charge in [-0.1, -0.05) is 17.4 Å². The molecular formula is C23H25N5O4S2. The largest absolute Gasteiger partial charge is 0.390 e. The van der Waals surface area contributed by atoms with Crippen LogP contribution in [-0.2, 0) is 10.0 Å². The van der Waals surface area contributed by atoms with Gasteiger partial charge in [0.1, 0.15) is 0 Å². The maximum absolute atomic E-state index is 11.9. The van der Waals surface area contributed by atoms with Gasteiger partial charge in [-0.2, -0.15) is 0 Å². The van der Waals surface area contributed by atoms with Crippen LogP contribution in [0, 0.1) is 23.2 Å². The molecule has 0 spiro atoms. The van der Waals surface area contributed by atoms with Gasteiger partial charge in [-0.05, 0) is 65.5 Å². The zero-order valence-corrected chi connectivity index (χ0v) is 19.9. The Hall–Kier alpha value is -2.73. The fraction of sp³-hybridized carbons (Fsp3) is 0.391. The van der Waals surface area contributed by atoms with Gasteiger partial charge in [-0.15, -0.1) is 0 Å². The number of sulfonamides is 1. The minimum atomic E-state index is -3.54. The first-order valence-corrected chi connectivity index (χ1v) is 13.8. The second kappa shape index (κ2) is 7.38. The zero-order chi connectivity index (χ0) is 23.9. The molecule has 0 saturated heterocycles. The van der Waals surface area contributed by atoms with Gasteiger partial charge in [0, 0.05) is 17.5 Å². The topological polar surface area (TPSA) is 161 Å². The Morgan fingerprint density at radius 2 is 2.00 bits per heavy atom. The molecule has 178 valence electrons. The number of fused-ring (bicyclic) bond motifs is 8. The number of nitrogens with two attached hydrogens (primary N) is 1. The first-order valence-electron chi connectivity index (χ1n) is 11.1. The average Bonchev–Trinajstić information content (AvgIpc) is 3.43. The van der Waals surface area contributed by atoms with E-state index in [1.807, 2.05) is 18.2 Å². The smallest absolute Gasteiger partial charge is 0.229 e. The number of aliphatic hydroxyl groups is 2. The lowest BCUT2D eigenvalue weighted by Gasteiger charge is -2.46. The normalized spacial score (nSPS) is 31.7. The van der Waals surface area contributed by atoms with Crippen molar-refractivity contribution < 1.29 is 18.6 Å². The second-order valence-corrected chi connectivity index (χ2v) is 12.4. The summed E-state index contributed by atoms with van der Waals surface area (Å²) < 4.78 is 27.4. The quantitative estimate of drug-likeness (QED) is 0.301. The zero-order valence-electron chi connectivity index (χ0n) is 18.3. The van der Waals surface area contributed by atoms with Gasteiger partial charge in [0.05, 0.1) is 40.4 Å². The van der Waals surface area contributed by atoms with E-state index in [9.17, 15) is 18.6 Å². The van der Waals surface area contributed by atoms with E-state index in [4.69, 9.17) is 11.1 Å². The maximum atomic E-state index is 11.9. The summed E-state index contributed by atoms with van der Waals surface area (Å²) in [5, 5.41) is 33.8. The van der Waals surface area contributed by atoms with Crippen LogP contribution >= 0.6 is 11.3 Å². The molecule has 9 nitrogen and oxygen atoms in total. The number of benzene rings is 2. The van der Waals surface area contributed by atoms with Gasteiger partial charge < -0.3 is 26.7 Å². The molecule has 1 aromatic heterocycles. The van der Waals surface area contributed by atoms with E-state index in [0.29, 0.717) is 22.8 Å². The van der Waals surface area contributed by atoms with Crippen LogP contribution in [-0.4, -0.2) is 48.3 Å². The van der Waals surface area contributed by atoms with Gasteiger partial charge in [0.15, 0.2) is 5.13 Å².